The summed E-state index contributed by atoms with van der Waals surface area (Å²) in [5.74, 6) is 1.28. The van der Waals surface area contributed by atoms with Gasteiger partial charge in [-0.1, -0.05) is 12.1 Å². The van der Waals surface area contributed by atoms with Gasteiger partial charge in [0.1, 0.15) is 23.0 Å². The molecule has 2 N–H and O–H groups in total. The van der Waals surface area contributed by atoms with Crippen LogP contribution in [-0.2, 0) is 17.8 Å². The summed E-state index contributed by atoms with van der Waals surface area (Å²) in [5, 5.41) is 9.83. The largest absolute Gasteiger partial charge is 0.383 e. The minimum absolute atomic E-state index is 0.191. The lowest BCUT2D eigenvalue weighted by atomic mass is 10.1. The van der Waals surface area contributed by atoms with Crippen molar-refractivity contribution in [3.8, 4) is 11.4 Å². The predicted molar refractivity (Wildman–Crippen MR) is 92.5 cm³/mol. The van der Waals surface area contributed by atoms with E-state index < -0.39 is 0 Å². The van der Waals surface area contributed by atoms with Crippen molar-refractivity contribution < 1.29 is 9.26 Å². The van der Waals surface area contributed by atoms with Crippen molar-refractivity contribution in [2.24, 2.45) is 0 Å². The number of nitrogen functional groups attached to an aromatic ring is 1. The summed E-state index contributed by atoms with van der Waals surface area (Å²) in [7, 11) is 1.66. The Bertz CT molecular complexity index is 850. The minimum atomic E-state index is 0.191. The first-order valence-electron chi connectivity index (χ1n) is 8.17. The van der Waals surface area contributed by atoms with E-state index in [0.29, 0.717) is 23.8 Å². The van der Waals surface area contributed by atoms with Gasteiger partial charge in [-0.05, 0) is 26.3 Å². The van der Waals surface area contributed by atoms with Crippen LogP contribution in [0.5, 0.6) is 0 Å². The Hall–Kier alpha value is -2.41. The molecule has 7 nitrogen and oxygen atoms in total. The summed E-state index contributed by atoms with van der Waals surface area (Å²) in [6, 6.07) is 2.11. The van der Waals surface area contributed by atoms with Crippen molar-refractivity contribution in [3.63, 3.8) is 0 Å². The SMILES string of the molecule is CCCc1onc(-c2nn(C(C)C)c3ccnc(N)c23)c1COC. The lowest BCUT2D eigenvalue weighted by molar-refractivity contribution is 0.183. The van der Waals surface area contributed by atoms with Crippen LogP contribution in [0.3, 0.4) is 0 Å². The number of nitrogens with two attached hydrogens (primary N) is 1. The number of hydrogen-bond acceptors (Lipinski definition) is 6. The standard InChI is InChI=1S/C17H23N5O2/c1-5-6-13-11(9-23-4)15(21-24-13)16-14-12(7-8-19-17(14)18)22(20-16)10(2)3/h7-8,10H,5-6,9H2,1-4H3,(H2,18,19). The fourth-order valence-corrected chi connectivity index (χ4v) is 2.92. The van der Waals surface area contributed by atoms with E-state index in [1.54, 1.807) is 13.3 Å². The Kier molecular flexibility index (Phi) is 4.53. The highest BCUT2D eigenvalue weighted by molar-refractivity contribution is 6.00. The van der Waals surface area contributed by atoms with E-state index in [9.17, 15) is 0 Å². The molecule has 0 aliphatic rings. The van der Waals surface area contributed by atoms with Crippen molar-refractivity contribution in [3.05, 3.63) is 23.6 Å². The van der Waals surface area contributed by atoms with E-state index in [-0.39, 0.29) is 6.04 Å². The van der Waals surface area contributed by atoms with Crippen LogP contribution in [0.2, 0.25) is 0 Å². The fraction of sp³-hybridized carbons (Fsp3) is 0.471. The molecule has 0 aromatic carbocycles. The van der Waals surface area contributed by atoms with Crippen LogP contribution in [0.4, 0.5) is 5.82 Å². The van der Waals surface area contributed by atoms with Crippen LogP contribution in [0.1, 0.15) is 44.6 Å². The lowest BCUT2D eigenvalue weighted by Gasteiger charge is -2.06. The molecule has 0 atom stereocenters. The van der Waals surface area contributed by atoms with Crippen LogP contribution in [-0.4, -0.2) is 27.0 Å². The predicted octanol–water partition coefficient (Wildman–Crippen LogP) is 3.35. The van der Waals surface area contributed by atoms with Gasteiger partial charge >= 0.3 is 0 Å². The molecular weight excluding hydrogens is 306 g/mol. The van der Waals surface area contributed by atoms with E-state index in [1.807, 2.05) is 10.7 Å². The number of methoxy groups -OCH3 is 1. The molecule has 0 saturated carbocycles. The Morgan fingerprint density at radius 2 is 2.12 bits per heavy atom. The number of anilines is 1. The Morgan fingerprint density at radius 3 is 2.79 bits per heavy atom. The molecule has 0 radical (unpaired) electrons. The van der Waals surface area contributed by atoms with Crippen LogP contribution in [0.15, 0.2) is 16.8 Å². The zero-order chi connectivity index (χ0) is 17.3. The summed E-state index contributed by atoms with van der Waals surface area (Å²) in [5.41, 5.74) is 9.39. The summed E-state index contributed by atoms with van der Waals surface area (Å²) in [4.78, 5) is 4.22. The molecular formula is C17H23N5O2. The maximum absolute atomic E-state index is 6.14. The first-order valence-corrected chi connectivity index (χ1v) is 8.17. The topological polar surface area (TPSA) is 92.0 Å². The first kappa shape index (κ1) is 16.4. The Morgan fingerprint density at radius 1 is 1.33 bits per heavy atom. The monoisotopic (exact) mass is 329 g/mol. The van der Waals surface area contributed by atoms with E-state index in [4.69, 9.17) is 20.1 Å². The highest BCUT2D eigenvalue weighted by atomic mass is 16.5. The van der Waals surface area contributed by atoms with Gasteiger partial charge in [0, 0.05) is 25.8 Å². The number of aryl methyl sites for hydroxylation is 1. The van der Waals surface area contributed by atoms with Crippen molar-refractivity contribution >= 4 is 16.7 Å². The van der Waals surface area contributed by atoms with Crippen LogP contribution in [0, 0.1) is 0 Å². The lowest BCUT2D eigenvalue weighted by Crippen LogP contribution is -2.03. The van der Waals surface area contributed by atoms with Crippen LogP contribution in [0.25, 0.3) is 22.3 Å². The molecule has 3 heterocycles. The van der Waals surface area contributed by atoms with Crippen LogP contribution >= 0.6 is 0 Å². The Balaban J connectivity index is 2.27. The third kappa shape index (κ3) is 2.65. The molecule has 128 valence electrons. The number of aromatic nitrogens is 4. The number of ether oxygens (including phenoxy) is 1. The Labute approximate surface area is 140 Å². The molecule has 0 bridgehead atoms. The van der Waals surface area contributed by atoms with Crippen molar-refractivity contribution in [1.29, 1.82) is 0 Å². The number of nitrogens with zero attached hydrogens (tertiary/aromatic N) is 4. The maximum atomic E-state index is 6.14. The summed E-state index contributed by atoms with van der Waals surface area (Å²) < 4.78 is 12.8. The van der Waals surface area contributed by atoms with E-state index in [0.717, 1.165) is 35.1 Å². The van der Waals surface area contributed by atoms with Gasteiger partial charge in [-0.15, -0.1) is 0 Å². The van der Waals surface area contributed by atoms with Crippen molar-refractivity contribution in [2.45, 2.75) is 46.3 Å². The van der Waals surface area contributed by atoms with Crippen molar-refractivity contribution in [1.82, 2.24) is 19.9 Å². The molecule has 0 spiro atoms. The number of fused-ring (bicyclic) bond motifs is 1. The second-order valence-corrected chi connectivity index (χ2v) is 6.09. The molecule has 7 heteroatoms. The fourth-order valence-electron chi connectivity index (χ4n) is 2.92. The van der Waals surface area contributed by atoms with Gasteiger partial charge in [0.25, 0.3) is 0 Å². The number of rotatable bonds is 6. The second-order valence-electron chi connectivity index (χ2n) is 6.09. The first-order chi connectivity index (χ1) is 11.6. The molecule has 0 unspecified atom stereocenters. The van der Waals surface area contributed by atoms with Crippen molar-refractivity contribution in [2.75, 3.05) is 12.8 Å². The highest BCUT2D eigenvalue weighted by Gasteiger charge is 2.24. The molecule has 3 rings (SSSR count). The number of pyridine rings is 1. The average Bonchev–Trinajstić information content (AvgIpc) is 3.11. The van der Waals surface area contributed by atoms with E-state index >= 15 is 0 Å². The van der Waals surface area contributed by atoms with Gasteiger partial charge in [0.15, 0.2) is 0 Å². The second kappa shape index (κ2) is 6.60. The summed E-state index contributed by atoms with van der Waals surface area (Å²) >= 11 is 0. The van der Waals surface area contributed by atoms with E-state index in [1.165, 1.54) is 0 Å². The van der Waals surface area contributed by atoms with Gasteiger partial charge in [-0.25, -0.2) is 4.98 Å². The van der Waals surface area contributed by atoms with Gasteiger partial charge in [0.2, 0.25) is 0 Å². The maximum Gasteiger partial charge on any atom is 0.142 e. The average molecular weight is 329 g/mol. The summed E-state index contributed by atoms with van der Waals surface area (Å²) in [6.45, 7) is 6.68. The molecule has 0 amide bonds. The highest BCUT2D eigenvalue weighted by Crippen LogP contribution is 2.35. The normalized spacial score (nSPS) is 11.7. The third-order valence-corrected chi connectivity index (χ3v) is 4.00. The van der Waals surface area contributed by atoms with Gasteiger partial charge in [-0.3, -0.25) is 4.68 Å². The molecule has 0 fully saturated rings. The number of hydrogen-bond donors (Lipinski definition) is 1. The third-order valence-electron chi connectivity index (χ3n) is 4.00. The molecule has 24 heavy (non-hydrogen) atoms. The zero-order valence-electron chi connectivity index (χ0n) is 14.5. The molecule has 0 saturated heterocycles. The van der Waals surface area contributed by atoms with Gasteiger partial charge in [-0.2, -0.15) is 5.10 Å². The van der Waals surface area contributed by atoms with Gasteiger partial charge < -0.3 is 15.0 Å². The van der Waals surface area contributed by atoms with Crippen LogP contribution < -0.4 is 5.73 Å². The zero-order valence-corrected chi connectivity index (χ0v) is 14.5. The molecule has 0 aliphatic carbocycles. The van der Waals surface area contributed by atoms with E-state index in [2.05, 4.69) is 30.9 Å². The molecule has 3 aromatic heterocycles. The quantitative estimate of drug-likeness (QED) is 0.745. The molecule has 0 aliphatic heterocycles. The molecule has 3 aromatic rings. The minimum Gasteiger partial charge on any atom is -0.383 e. The summed E-state index contributed by atoms with van der Waals surface area (Å²) in [6.07, 6.45) is 3.47. The smallest absolute Gasteiger partial charge is 0.142 e. The van der Waals surface area contributed by atoms with Gasteiger partial charge in [0.05, 0.1) is 23.1 Å².